The minimum atomic E-state index is 0.0160. The molecule has 1 aliphatic rings. The highest BCUT2D eigenvalue weighted by Crippen LogP contribution is 2.13. The SMILES string of the molecule is CCN(Cc1cccc(C)c1)C(=O)C1CCCCCN1. The van der Waals surface area contributed by atoms with E-state index in [1.807, 2.05) is 4.90 Å². The molecule has 3 heteroatoms. The minimum absolute atomic E-state index is 0.0160. The Morgan fingerprint density at radius 2 is 2.20 bits per heavy atom. The Kier molecular flexibility index (Phi) is 5.60. The fraction of sp³-hybridized carbons (Fsp3) is 0.588. The van der Waals surface area contributed by atoms with Crippen LogP contribution in [-0.2, 0) is 11.3 Å². The Morgan fingerprint density at radius 1 is 1.35 bits per heavy atom. The summed E-state index contributed by atoms with van der Waals surface area (Å²) in [6.07, 6.45) is 4.56. The molecule has 1 N–H and O–H groups in total. The molecule has 0 radical (unpaired) electrons. The molecule has 1 atom stereocenters. The third-order valence-electron chi connectivity index (χ3n) is 4.01. The predicted octanol–water partition coefficient (Wildman–Crippen LogP) is 2.88. The smallest absolute Gasteiger partial charge is 0.239 e. The first-order valence-corrected chi connectivity index (χ1v) is 7.78. The van der Waals surface area contributed by atoms with Crippen molar-refractivity contribution in [2.45, 2.75) is 52.1 Å². The van der Waals surface area contributed by atoms with Crippen molar-refractivity contribution >= 4 is 5.91 Å². The lowest BCUT2D eigenvalue weighted by molar-refractivity contribution is -0.134. The second-order valence-corrected chi connectivity index (χ2v) is 5.70. The summed E-state index contributed by atoms with van der Waals surface area (Å²) >= 11 is 0. The number of rotatable bonds is 4. The molecule has 1 saturated heterocycles. The number of carbonyl (C=O) groups is 1. The molecule has 0 spiro atoms. The van der Waals surface area contributed by atoms with Crippen LogP contribution in [0.25, 0.3) is 0 Å². The third-order valence-corrected chi connectivity index (χ3v) is 4.01. The van der Waals surface area contributed by atoms with Crippen LogP contribution in [0, 0.1) is 6.92 Å². The monoisotopic (exact) mass is 274 g/mol. The largest absolute Gasteiger partial charge is 0.337 e. The molecule has 1 heterocycles. The van der Waals surface area contributed by atoms with E-state index < -0.39 is 0 Å². The van der Waals surface area contributed by atoms with Crippen molar-refractivity contribution < 1.29 is 4.79 Å². The molecule has 1 aromatic carbocycles. The second kappa shape index (κ2) is 7.44. The summed E-state index contributed by atoms with van der Waals surface area (Å²) in [6.45, 7) is 6.61. The lowest BCUT2D eigenvalue weighted by Gasteiger charge is -2.26. The maximum absolute atomic E-state index is 12.6. The first-order chi connectivity index (χ1) is 9.70. The molecular formula is C17H26N2O. The average molecular weight is 274 g/mol. The molecule has 0 aromatic heterocycles. The lowest BCUT2D eigenvalue weighted by Crippen LogP contribution is -2.45. The summed E-state index contributed by atoms with van der Waals surface area (Å²) in [5.74, 6) is 0.260. The number of hydrogen-bond acceptors (Lipinski definition) is 2. The highest BCUT2D eigenvalue weighted by atomic mass is 16.2. The van der Waals surface area contributed by atoms with Gasteiger partial charge in [-0.1, -0.05) is 42.7 Å². The summed E-state index contributed by atoms with van der Waals surface area (Å²) in [5.41, 5.74) is 2.47. The first-order valence-electron chi connectivity index (χ1n) is 7.78. The molecule has 0 saturated carbocycles. The van der Waals surface area contributed by atoms with Crippen LogP contribution >= 0.6 is 0 Å². The van der Waals surface area contributed by atoms with Crippen LogP contribution in [0.2, 0.25) is 0 Å². The van der Waals surface area contributed by atoms with Gasteiger partial charge in [-0.2, -0.15) is 0 Å². The van der Waals surface area contributed by atoms with Crippen LogP contribution in [0.4, 0.5) is 0 Å². The molecule has 1 fully saturated rings. The van der Waals surface area contributed by atoms with Crippen molar-refractivity contribution in [3.05, 3.63) is 35.4 Å². The standard InChI is InChI=1S/C17H26N2O/c1-3-19(13-15-9-7-8-14(2)12-15)17(20)16-10-5-4-6-11-18-16/h7-9,12,16,18H,3-6,10-11,13H2,1-2H3. The summed E-state index contributed by atoms with van der Waals surface area (Å²) in [4.78, 5) is 14.6. The third kappa shape index (κ3) is 4.07. The van der Waals surface area contributed by atoms with Gasteiger partial charge in [-0.05, 0) is 38.8 Å². The molecule has 1 unspecified atom stereocenters. The van der Waals surface area contributed by atoms with Gasteiger partial charge < -0.3 is 10.2 Å². The topological polar surface area (TPSA) is 32.3 Å². The van der Waals surface area contributed by atoms with Gasteiger partial charge in [0.15, 0.2) is 0 Å². The Morgan fingerprint density at radius 3 is 2.95 bits per heavy atom. The molecule has 0 bridgehead atoms. The van der Waals surface area contributed by atoms with Crippen molar-refractivity contribution in [2.75, 3.05) is 13.1 Å². The van der Waals surface area contributed by atoms with Gasteiger partial charge in [0.05, 0.1) is 6.04 Å². The van der Waals surface area contributed by atoms with Gasteiger partial charge in [-0.3, -0.25) is 4.79 Å². The van der Waals surface area contributed by atoms with E-state index >= 15 is 0 Å². The van der Waals surface area contributed by atoms with Gasteiger partial charge in [-0.25, -0.2) is 0 Å². The summed E-state index contributed by atoms with van der Waals surface area (Å²) in [6, 6.07) is 8.43. The number of carbonyl (C=O) groups excluding carboxylic acids is 1. The number of aryl methyl sites for hydroxylation is 1. The van der Waals surface area contributed by atoms with Crippen LogP contribution in [0.15, 0.2) is 24.3 Å². The summed E-state index contributed by atoms with van der Waals surface area (Å²) < 4.78 is 0. The van der Waals surface area contributed by atoms with E-state index in [0.29, 0.717) is 0 Å². The molecule has 1 aromatic rings. The predicted molar refractivity (Wildman–Crippen MR) is 82.5 cm³/mol. The summed E-state index contributed by atoms with van der Waals surface area (Å²) in [5, 5.41) is 3.40. The fourth-order valence-corrected chi connectivity index (χ4v) is 2.84. The Bertz CT molecular complexity index is 436. The molecule has 3 nitrogen and oxygen atoms in total. The average Bonchev–Trinajstić information content (AvgIpc) is 2.73. The zero-order chi connectivity index (χ0) is 14.4. The van der Waals surface area contributed by atoms with E-state index in [1.54, 1.807) is 0 Å². The normalized spacial score (nSPS) is 19.4. The first kappa shape index (κ1) is 15.0. The zero-order valence-corrected chi connectivity index (χ0v) is 12.7. The Hall–Kier alpha value is -1.35. The van der Waals surface area contributed by atoms with Crippen molar-refractivity contribution in [1.29, 1.82) is 0 Å². The van der Waals surface area contributed by atoms with Crippen molar-refractivity contribution in [3.8, 4) is 0 Å². The second-order valence-electron chi connectivity index (χ2n) is 5.70. The van der Waals surface area contributed by atoms with Crippen LogP contribution in [0.3, 0.4) is 0 Å². The van der Waals surface area contributed by atoms with E-state index in [4.69, 9.17) is 0 Å². The van der Waals surface area contributed by atoms with Gasteiger partial charge in [0.2, 0.25) is 5.91 Å². The number of amides is 1. The Balaban J connectivity index is 2.01. The molecule has 1 aliphatic heterocycles. The van der Waals surface area contributed by atoms with Gasteiger partial charge in [0.25, 0.3) is 0 Å². The quantitative estimate of drug-likeness (QED) is 0.915. The number of nitrogens with one attached hydrogen (secondary N) is 1. The van der Waals surface area contributed by atoms with Crippen LogP contribution < -0.4 is 5.32 Å². The maximum Gasteiger partial charge on any atom is 0.239 e. The fourth-order valence-electron chi connectivity index (χ4n) is 2.84. The highest BCUT2D eigenvalue weighted by Gasteiger charge is 2.23. The number of likely N-dealkylation sites (N-methyl/N-ethyl adjacent to an activating group) is 1. The van der Waals surface area contributed by atoms with E-state index in [2.05, 4.69) is 43.4 Å². The molecular weight excluding hydrogens is 248 g/mol. The molecule has 1 amide bonds. The van der Waals surface area contributed by atoms with Crippen molar-refractivity contribution in [3.63, 3.8) is 0 Å². The van der Waals surface area contributed by atoms with Crippen molar-refractivity contribution in [2.24, 2.45) is 0 Å². The van der Waals surface area contributed by atoms with Gasteiger partial charge >= 0.3 is 0 Å². The van der Waals surface area contributed by atoms with E-state index in [1.165, 1.54) is 24.0 Å². The van der Waals surface area contributed by atoms with Gasteiger partial charge in [-0.15, -0.1) is 0 Å². The van der Waals surface area contributed by atoms with Crippen LogP contribution in [-0.4, -0.2) is 29.9 Å². The molecule has 110 valence electrons. The lowest BCUT2D eigenvalue weighted by atomic mass is 10.1. The van der Waals surface area contributed by atoms with Crippen LogP contribution in [0.5, 0.6) is 0 Å². The Labute approximate surface area is 122 Å². The van der Waals surface area contributed by atoms with Gasteiger partial charge in [0.1, 0.15) is 0 Å². The van der Waals surface area contributed by atoms with E-state index in [0.717, 1.165) is 32.5 Å². The number of hydrogen-bond donors (Lipinski definition) is 1. The molecule has 2 rings (SSSR count). The number of nitrogens with zero attached hydrogens (tertiary/aromatic N) is 1. The summed E-state index contributed by atoms with van der Waals surface area (Å²) in [7, 11) is 0. The van der Waals surface area contributed by atoms with Gasteiger partial charge in [0, 0.05) is 13.1 Å². The number of benzene rings is 1. The zero-order valence-electron chi connectivity index (χ0n) is 12.7. The molecule has 20 heavy (non-hydrogen) atoms. The van der Waals surface area contributed by atoms with E-state index in [9.17, 15) is 4.79 Å². The van der Waals surface area contributed by atoms with Crippen molar-refractivity contribution in [1.82, 2.24) is 10.2 Å². The molecule has 0 aliphatic carbocycles. The van der Waals surface area contributed by atoms with Crippen LogP contribution in [0.1, 0.15) is 43.7 Å². The maximum atomic E-state index is 12.6. The highest BCUT2D eigenvalue weighted by molar-refractivity contribution is 5.81. The minimum Gasteiger partial charge on any atom is -0.337 e. The van der Waals surface area contributed by atoms with E-state index in [-0.39, 0.29) is 11.9 Å².